The third kappa shape index (κ3) is 4.50. The van der Waals surface area contributed by atoms with Crippen LogP contribution in [0, 0.1) is 5.41 Å². The molecule has 1 fully saturated rings. The summed E-state index contributed by atoms with van der Waals surface area (Å²) < 4.78 is 0. The molecular weight excluding hydrogens is 230 g/mol. The number of hydrogen-bond donors (Lipinski definition) is 1. The fourth-order valence-electron chi connectivity index (χ4n) is 3.16. The van der Waals surface area contributed by atoms with Crippen molar-refractivity contribution in [3.05, 3.63) is 41.5 Å². The van der Waals surface area contributed by atoms with E-state index in [1.54, 1.807) is 0 Å². The maximum Gasteiger partial charge on any atom is 0.0110 e. The van der Waals surface area contributed by atoms with Crippen LogP contribution >= 0.6 is 0 Å². The van der Waals surface area contributed by atoms with Gasteiger partial charge in [-0.05, 0) is 42.2 Å². The van der Waals surface area contributed by atoms with E-state index in [0.29, 0.717) is 12.0 Å². The van der Waals surface area contributed by atoms with Gasteiger partial charge in [0, 0.05) is 6.54 Å². The quantitative estimate of drug-likeness (QED) is 0.822. The summed E-state index contributed by atoms with van der Waals surface area (Å²) in [6, 6.07) is 8.87. The number of hydrogen-bond acceptors (Lipinski definition) is 1. The van der Waals surface area contributed by atoms with Gasteiger partial charge in [0.15, 0.2) is 0 Å². The largest absolute Gasteiger partial charge is 0.327 e. The van der Waals surface area contributed by atoms with Gasteiger partial charge in [0.25, 0.3) is 0 Å². The Labute approximate surface area is 117 Å². The second kappa shape index (κ2) is 6.91. The molecule has 2 N–H and O–H groups in total. The lowest BCUT2D eigenvalue weighted by atomic mass is 9.72. The summed E-state index contributed by atoms with van der Waals surface area (Å²) >= 11 is 0. The van der Waals surface area contributed by atoms with Crippen molar-refractivity contribution < 1.29 is 0 Å². The number of rotatable bonds is 5. The van der Waals surface area contributed by atoms with E-state index < -0.39 is 0 Å². The van der Waals surface area contributed by atoms with Crippen LogP contribution < -0.4 is 5.73 Å². The maximum atomic E-state index is 5.50. The van der Waals surface area contributed by atoms with E-state index in [1.165, 1.54) is 56.1 Å². The lowest BCUT2D eigenvalue weighted by Crippen LogP contribution is -2.20. The first kappa shape index (κ1) is 14.3. The van der Waals surface area contributed by atoms with Crippen molar-refractivity contribution in [1.29, 1.82) is 0 Å². The predicted molar refractivity (Wildman–Crippen MR) is 84.0 cm³/mol. The molecule has 19 heavy (non-hydrogen) atoms. The molecule has 0 spiro atoms. The molecule has 0 aromatic heterocycles. The van der Waals surface area contributed by atoms with Crippen molar-refractivity contribution >= 4 is 6.08 Å². The third-order valence-electron chi connectivity index (χ3n) is 4.48. The molecule has 1 saturated carbocycles. The minimum Gasteiger partial charge on any atom is -0.327 e. The molecule has 0 aliphatic heterocycles. The van der Waals surface area contributed by atoms with Gasteiger partial charge in [-0.3, -0.25) is 0 Å². The summed E-state index contributed by atoms with van der Waals surface area (Å²) in [6.45, 7) is 3.09. The standard InChI is InChI=1S/C18H27N/c1-18(11-3-2-4-12-18)13-10-17-8-5-7-16(15-17)9-6-14-19/h5-9,15H,2-4,10-14,19H2,1H3/b9-6+. The van der Waals surface area contributed by atoms with Crippen LogP contribution in [0.15, 0.2) is 30.3 Å². The van der Waals surface area contributed by atoms with Gasteiger partial charge in [0.2, 0.25) is 0 Å². The van der Waals surface area contributed by atoms with Gasteiger partial charge < -0.3 is 5.73 Å². The molecule has 1 aliphatic carbocycles. The molecule has 104 valence electrons. The Morgan fingerprint density at radius 1 is 1.21 bits per heavy atom. The Hall–Kier alpha value is -1.08. The lowest BCUT2D eigenvalue weighted by Gasteiger charge is -2.33. The smallest absolute Gasteiger partial charge is 0.0110 e. The molecule has 1 aromatic rings. The molecule has 0 atom stereocenters. The zero-order valence-corrected chi connectivity index (χ0v) is 12.2. The van der Waals surface area contributed by atoms with Crippen molar-refractivity contribution in [2.45, 2.75) is 51.9 Å². The van der Waals surface area contributed by atoms with E-state index in [9.17, 15) is 0 Å². The molecule has 0 heterocycles. The van der Waals surface area contributed by atoms with Gasteiger partial charge in [-0.15, -0.1) is 0 Å². The Balaban J connectivity index is 1.93. The molecule has 2 rings (SSSR count). The zero-order valence-electron chi connectivity index (χ0n) is 12.2. The van der Waals surface area contributed by atoms with Crippen LogP contribution in [0.25, 0.3) is 6.08 Å². The summed E-state index contributed by atoms with van der Waals surface area (Å²) in [4.78, 5) is 0. The number of aryl methyl sites for hydroxylation is 1. The number of nitrogens with two attached hydrogens (primary N) is 1. The molecule has 0 amide bonds. The van der Waals surface area contributed by atoms with E-state index in [0.717, 1.165) is 0 Å². The van der Waals surface area contributed by atoms with Crippen molar-refractivity contribution in [1.82, 2.24) is 0 Å². The third-order valence-corrected chi connectivity index (χ3v) is 4.48. The molecule has 1 heteroatoms. The fourth-order valence-corrected chi connectivity index (χ4v) is 3.16. The van der Waals surface area contributed by atoms with E-state index in [2.05, 4.69) is 37.3 Å². The highest BCUT2D eigenvalue weighted by molar-refractivity contribution is 5.50. The van der Waals surface area contributed by atoms with Gasteiger partial charge >= 0.3 is 0 Å². The van der Waals surface area contributed by atoms with Gasteiger partial charge in [-0.25, -0.2) is 0 Å². The second-order valence-electron chi connectivity index (χ2n) is 6.25. The highest BCUT2D eigenvalue weighted by Crippen LogP contribution is 2.39. The first-order valence-electron chi connectivity index (χ1n) is 7.67. The van der Waals surface area contributed by atoms with E-state index in [4.69, 9.17) is 5.73 Å². The normalized spacial score (nSPS) is 18.8. The summed E-state index contributed by atoms with van der Waals surface area (Å²) in [6.07, 6.45) is 13.8. The minimum atomic E-state index is 0.585. The molecule has 0 saturated heterocycles. The van der Waals surface area contributed by atoms with E-state index in [1.807, 2.05) is 6.08 Å². The molecular formula is C18H27N. The van der Waals surface area contributed by atoms with Gasteiger partial charge in [0.05, 0.1) is 0 Å². The minimum absolute atomic E-state index is 0.585. The summed E-state index contributed by atoms with van der Waals surface area (Å²) in [5.74, 6) is 0. The summed E-state index contributed by atoms with van der Waals surface area (Å²) in [5.41, 5.74) is 8.82. The van der Waals surface area contributed by atoms with Crippen molar-refractivity contribution in [2.75, 3.05) is 6.54 Å². The van der Waals surface area contributed by atoms with Gasteiger partial charge in [-0.1, -0.05) is 62.6 Å². The Morgan fingerprint density at radius 3 is 2.74 bits per heavy atom. The van der Waals surface area contributed by atoms with Crippen LogP contribution in [0.4, 0.5) is 0 Å². The Kier molecular flexibility index (Phi) is 5.21. The van der Waals surface area contributed by atoms with Crippen molar-refractivity contribution in [2.24, 2.45) is 11.1 Å². The fraction of sp³-hybridized carbons (Fsp3) is 0.556. The molecule has 0 radical (unpaired) electrons. The molecule has 0 bridgehead atoms. The Morgan fingerprint density at radius 2 is 2.00 bits per heavy atom. The highest BCUT2D eigenvalue weighted by Gasteiger charge is 2.25. The number of benzene rings is 1. The Bertz CT molecular complexity index is 413. The molecule has 1 nitrogen and oxygen atoms in total. The van der Waals surface area contributed by atoms with Crippen LogP contribution in [-0.2, 0) is 6.42 Å². The average molecular weight is 257 g/mol. The van der Waals surface area contributed by atoms with Crippen molar-refractivity contribution in [3.8, 4) is 0 Å². The molecule has 1 aliphatic rings. The van der Waals surface area contributed by atoms with E-state index in [-0.39, 0.29) is 0 Å². The van der Waals surface area contributed by atoms with Gasteiger partial charge in [0.1, 0.15) is 0 Å². The van der Waals surface area contributed by atoms with Crippen LogP contribution in [0.3, 0.4) is 0 Å². The van der Waals surface area contributed by atoms with Crippen LogP contribution in [0.5, 0.6) is 0 Å². The van der Waals surface area contributed by atoms with Crippen LogP contribution in [0.1, 0.15) is 56.6 Å². The summed E-state index contributed by atoms with van der Waals surface area (Å²) in [5, 5.41) is 0. The molecule has 1 aromatic carbocycles. The highest BCUT2D eigenvalue weighted by atomic mass is 14.5. The van der Waals surface area contributed by atoms with Crippen LogP contribution in [0.2, 0.25) is 0 Å². The summed E-state index contributed by atoms with van der Waals surface area (Å²) in [7, 11) is 0. The first-order chi connectivity index (χ1) is 9.22. The van der Waals surface area contributed by atoms with Crippen LogP contribution in [-0.4, -0.2) is 6.54 Å². The predicted octanol–water partition coefficient (Wildman–Crippen LogP) is 4.56. The topological polar surface area (TPSA) is 26.0 Å². The van der Waals surface area contributed by atoms with E-state index >= 15 is 0 Å². The first-order valence-corrected chi connectivity index (χ1v) is 7.67. The van der Waals surface area contributed by atoms with Crippen molar-refractivity contribution in [3.63, 3.8) is 0 Å². The van der Waals surface area contributed by atoms with Gasteiger partial charge in [-0.2, -0.15) is 0 Å². The maximum absolute atomic E-state index is 5.50. The lowest BCUT2D eigenvalue weighted by molar-refractivity contribution is 0.199. The second-order valence-corrected chi connectivity index (χ2v) is 6.25. The molecule has 0 unspecified atom stereocenters. The average Bonchev–Trinajstić information content (AvgIpc) is 2.44. The zero-order chi connectivity index (χ0) is 13.6. The SMILES string of the molecule is CC1(CCc2cccc(/C=C/CN)c2)CCCCC1. The monoisotopic (exact) mass is 257 g/mol.